The van der Waals surface area contributed by atoms with Crippen LogP contribution in [0.5, 0.6) is 0 Å². The van der Waals surface area contributed by atoms with Gasteiger partial charge in [-0.25, -0.2) is 22.4 Å². The quantitative estimate of drug-likeness (QED) is 0.301. The molecule has 0 amide bonds. The SMILES string of the molecule is Nc1cccc(Nc2ncnc3c2cc(C#Cc2ccccc2)n3S(=O)(=O)c2ccccc2)c1. The number of nitrogens with two attached hydrogens (primary N) is 1. The van der Waals surface area contributed by atoms with Crippen molar-refractivity contribution in [1.29, 1.82) is 0 Å². The summed E-state index contributed by atoms with van der Waals surface area (Å²) in [6.45, 7) is 0. The van der Waals surface area contributed by atoms with Gasteiger partial charge in [-0.15, -0.1) is 0 Å². The molecule has 5 rings (SSSR count). The Morgan fingerprint density at radius 1 is 0.824 bits per heavy atom. The monoisotopic (exact) mass is 465 g/mol. The zero-order valence-corrected chi connectivity index (χ0v) is 18.7. The first-order valence-electron chi connectivity index (χ1n) is 10.4. The lowest BCUT2D eigenvalue weighted by molar-refractivity contribution is 0.588. The number of aromatic nitrogens is 3. The summed E-state index contributed by atoms with van der Waals surface area (Å²) in [6.07, 6.45) is 1.32. The molecule has 34 heavy (non-hydrogen) atoms. The number of nitrogen functional groups attached to an aromatic ring is 1. The number of nitrogens with zero attached hydrogens (tertiary/aromatic N) is 3. The van der Waals surface area contributed by atoms with Crippen LogP contribution in [0.3, 0.4) is 0 Å². The Hall–Kier alpha value is -4.61. The molecule has 2 heterocycles. The largest absolute Gasteiger partial charge is 0.399 e. The maximum atomic E-state index is 13.7. The highest BCUT2D eigenvalue weighted by atomic mass is 32.2. The number of rotatable bonds is 4. The van der Waals surface area contributed by atoms with E-state index < -0.39 is 10.0 Å². The summed E-state index contributed by atoms with van der Waals surface area (Å²) in [5, 5.41) is 3.72. The molecule has 5 aromatic rings. The fourth-order valence-electron chi connectivity index (χ4n) is 3.53. The second-order valence-corrected chi connectivity index (χ2v) is 9.22. The van der Waals surface area contributed by atoms with Crippen molar-refractivity contribution in [3.63, 3.8) is 0 Å². The van der Waals surface area contributed by atoms with Crippen LogP contribution in [-0.4, -0.2) is 22.4 Å². The molecule has 166 valence electrons. The van der Waals surface area contributed by atoms with E-state index in [4.69, 9.17) is 5.73 Å². The molecule has 2 aromatic heterocycles. The highest BCUT2D eigenvalue weighted by molar-refractivity contribution is 7.90. The molecule has 0 spiro atoms. The summed E-state index contributed by atoms with van der Waals surface area (Å²) in [6, 6.07) is 26.5. The van der Waals surface area contributed by atoms with Crippen molar-refractivity contribution in [3.05, 3.63) is 109 Å². The summed E-state index contributed by atoms with van der Waals surface area (Å²) in [4.78, 5) is 8.79. The van der Waals surface area contributed by atoms with Crippen LogP contribution in [-0.2, 0) is 10.0 Å². The molecule has 3 N–H and O–H groups in total. The first kappa shape index (κ1) is 21.2. The van der Waals surface area contributed by atoms with E-state index in [1.54, 1.807) is 48.5 Å². The van der Waals surface area contributed by atoms with Gasteiger partial charge < -0.3 is 11.1 Å². The Balaban J connectivity index is 1.72. The minimum atomic E-state index is -3.98. The normalized spacial score (nSPS) is 11.1. The summed E-state index contributed by atoms with van der Waals surface area (Å²) in [5.74, 6) is 6.50. The third kappa shape index (κ3) is 4.08. The van der Waals surface area contributed by atoms with Crippen molar-refractivity contribution in [3.8, 4) is 11.8 Å². The van der Waals surface area contributed by atoms with Crippen LogP contribution < -0.4 is 11.1 Å². The number of hydrogen-bond acceptors (Lipinski definition) is 6. The smallest absolute Gasteiger partial charge is 0.270 e. The van der Waals surface area contributed by atoms with Crippen LogP contribution >= 0.6 is 0 Å². The van der Waals surface area contributed by atoms with Crippen molar-refractivity contribution in [2.24, 2.45) is 0 Å². The van der Waals surface area contributed by atoms with Gasteiger partial charge in [0.15, 0.2) is 5.65 Å². The molecule has 0 saturated heterocycles. The van der Waals surface area contributed by atoms with E-state index in [-0.39, 0.29) is 16.2 Å². The Morgan fingerprint density at radius 2 is 1.56 bits per heavy atom. The van der Waals surface area contributed by atoms with Gasteiger partial charge >= 0.3 is 0 Å². The maximum Gasteiger partial charge on any atom is 0.270 e. The molecule has 0 unspecified atom stereocenters. The standard InChI is InChI=1S/C26H19N5O2S/c27-20-10-7-11-21(16-20)30-25-24-17-22(15-14-19-8-3-1-4-9-19)31(26(24)29-18-28-25)34(32,33)23-12-5-2-6-13-23/h1-13,16-18H,27H2,(H,28,29,30). The Morgan fingerprint density at radius 3 is 2.29 bits per heavy atom. The minimum absolute atomic E-state index is 0.138. The summed E-state index contributed by atoms with van der Waals surface area (Å²) < 4.78 is 28.5. The van der Waals surface area contributed by atoms with Gasteiger partial charge in [-0.1, -0.05) is 48.4 Å². The molecule has 0 aliphatic rings. The number of nitrogens with one attached hydrogen (secondary N) is 1. The van der Waals surface area contributed by atoms with Gasteiger partial charge in [0.05, 0.1) is 10.3 Å². The highest BCUT2D eigenvalue weighted by Gasteiger charge is 2.25. The van der Waals surface area contributed by atoms with Crippen LogP contribution in [0, 0.1) is 11.8 Å². The predicted molar refractivity (Wildman–Crippen MR) is 133 cm³/mol. The zero-order valence-electron chi connectivity index (χ0n) is 17.9. The fourth-order valence-corrected chi connectivity index (χ4v) is 4.97. The molecule has 0 bridgehead atoms. The molecule has 0 atom stereocenters. The first-order valence-corrected chi connectivity index (χ1v) is 11.8. The van der Waals surface area contributed by atoms with Crippen LogP contribution in [0.4, 0.5) is 17.2 Å². The third-order valence-corrected chi connectivity index (χ3v) is 6.81. The van der Waals surface area contributed by atoms with E-state index >= 15 is 0 Å². The van der Waals surface area contributed by atoms with E-state index in [1.807, 2.05) is 42.5 Å². The molecule has 3 aromatic carbocycles. The van der Waals surface area contributed by atoms with Gasteiger partial charge in [0.2, 0.25) is 0 Å². The van der Waals surface area contributed by atoms with Crippen LogP contribution in [0.25, 0.3) is 11.0 Å². The van der Waals surface area contributed by atoms with Gasteiger partial charge in [0, 0.05) is 16.9 Å². The second-order valence-electron chi connectivity index (χ2n) is 7.44. The second kappa shape index (κ2) is 8.73. The van der Waals surface area contributed by atoms with Crippen LogP contribution in [0.2, 0.25) is 0 Å². The Labute approximate surface area is 197 Å². The molecule has 0 radical (unpaired) electrons. The molecule has 7 nitrogen and oxygen atoms in total. The lowest BCUT2D eigenvalue weighted by Gasteiger charge is -2.10. The zero-order chi connectivity index (χ0) is 23.5. The van der Waals surface area contributed by atoms with Crippen molar-refractivity contribution < 1.29 is 8.42 Å². The highest BCUT2D eigenvalue weighted by Crippen LogP contribution is 2.29. The first-order chi connectivity index (χ1) is 16.5. The average Bonchev–Trinajstić information content (AvgIpc) is 3.24. The van der Waals surface area contributed by atoms with Gasteiger partial charge in [0.1, 0.15) is 17.8 Å². The van der Waals surface area contributed by atoms with Gasteiger partial charge in [-0.3, -0.25) is 0 Å². The predicted octanol–water partition coefficient (Wildman–Crippen LogP) is 4.39. The van der Waals surface area contributed by atoms with Crippen LogP contribution in [0.15, 0.2) is 102 Å². The van der Waals surface area contributed by atoms with Crippen molar-refractivity contribution >= 4 is 38.2 Å². The van der Waals surface area contributed by atoms with E-state index in [9.17, 15) is 8.42 Å². The van der Waals surface area contributed by atoms with E-state index in [2.05, 4.69) is 27.1 Å². The summed E-state index contributed by atoms with van der Waals surface area (Å²) >= 11 is 0. The van der Waals surface area contributed by atoms with E-state index in [0.717, 1.165) is 11.3 Å². The lowest BCUT2D eigenvalue weighted by Crippen LogP contribution is -2.15. The van der Waals surface area contributed by atoms with E-state index in [1.165, 1.54) is 10.3 Å². The maximum absolute atomic E-state index is 13.7. The van der Waals surface area contributed by atoms with Crippen molar-refractivity contribution in [1.82, 2.24) is 13.9 Å². The number of fused-ring (bicyclic) bond motifs is 1. The van der Waals surface area contributed by atoms with Gasteiger partial charge in [-0.2, -0.15) is 0 Å². The molecule has 0 fully saturated rings. The van der Waals surface area contributed by atoms with Crippen molar-refractivity contribution in [2.75, 3.05) is 11.1 Å². The van der Waals surface area contributed by atoms with Gasteiger partial charge in [-0.05, 0) is 54.5 Å². The Kier molecular flexibility index (Phi) is 5.46. The third-order valence-electron chi connectivity index (χ3n) is 5.09. The summed E-state index contributed by atoms with van der Waals surface area (Å²) in [7, 11) is -3.98. The molecular formula is C26H19N5O2S. The molecule has 0 saturated carbocycles. The molecule has 8 heteroatoms. The summed E-state index contributed by atoms with van der Waals surface area (Å²) in [5.41, 5.74) is 8.47. The van der Waals surface area contributed by atoms with E-state index in [0.29, 0.717) is 16.9 Å². The average molecular weight is 466 g/mol. The topological polar surface area (TPSA) is 103 Å². The van der Waals surface area contributed by atoms with Crippen LogP contribution in [0.1, 0.15) is 11.3 Å². The minimum Gasteiger partial charge on any atom is -0.399 e. The number of benzene rings is 3. The molecular weight excluding hydrogens is 446 g/mol. The Bertz CT molecular complexity index is 1650. The van der Waals surface area contributed by atoms with Crippen molar-refractivity contribution in [2.45, 2.75) is 4.90 Å². The molecule has 0 aliphatic carbocycles. The number of anilines is 3. The number of hydrogen-bond donors (Lipinski definition) is 2. The molecule has 0 aliphatic heterocycles. The van der Waals surface area contributed by atoms with Gasteiger partial charge in [0.25, 0.3) is 10.0 Å². The lowest BCUT2D eigenvalue weighted by atomic mass is 10.2. The fraction of sp³-hybridized carbons (Fsp3) is 0.